The van der Waals surface area contributed by atoms with Gasteiger partial charge in [-0.25, -0.2) is 4.98 Å². The number of para-hydroxylation sites is 1. The quantitative estimate of drug-likeness (QED) is 0.742. The molecule has 1 fully saturated rings. The summed E-state index contributed by atoms with van der Waals surface area (Å²) in [5.74, 6) is 0.867. The van der Waals surface area contributed by atoms with Gasteiger partial charge in [0.25, 0.3) is 0 Å². The molecule has 0 saturated carbocycles. The second kappa shape index (κ2) is 6.29. The van der Waals surface area contributed by atoms with Crippen LogP contribution < -0.4 is 10.1 Å². The van der Waals surface area contributed by atoms with E-state index < -0.39 is 0 Å². The molecule has 0 atom stereocenters. The Kier molecular flexibility index (Phi) is 3.98. The van der Waals surface area contributed by atoms with Gasteiger partial charge in [-0.15, -0.1) is 0 Å². The van der Waals surface area contributed by atoms with Crippen molar-refractivity contribution in [2.45, 2.75) is 18.9 Å². The van der Waals surface area contributed by atoms with Gasteiger partial charge in [0.1, 0.15) is 5.75 Å². The molecule has 1 saturated heterocycles. The molecule has 0 unspecified atom stereocenters. The molecule has 4 heteroatoms. The lowest BCUT2D eigenvalue weighted by Crippen LogP contribution is -2.36. The van der Waals surface area contributed by atoms with Crippen LogP contribution in [0.3, 0.4) is 0 Å². The Morgan fingerprint density at radius 1 is 1.04 bits per heavy atom. The minimum absolute atomic E-state index is 0.501. The van der Waals surface area contributed by atoms with E-state index in [-0.39, 0.29) is 0 Å². The van der Waals surface area contributed by atoms with Crippen molar-refractivity contribution in [1.29, 1.82) is 0 Å². The molecule has 0 amide bonds. The molecule has 2 aromatic carbocycles. The molecule has 0 radical (unpaired) electrons. The molecular weight excluding hydrogens is 298 g/mol. The summed E-state index contributed by atoms with van der Waals surface area (Å²) in [5, 5.41) is 6.13. The fraction of sp³-hybridized carbons (Fsp3) is 0.350. The van der Waals surface area contributed by atoms with Crippen molar-refractivity contribution in [3.63, 3.8) is 0 Å². The van der Waals surface area contributed by atoms with Crippen LogP contribution in [0.1, 0.15) is 12.8 Å². The number of likely N-dealkylation sites (tertiary alicyclic amines) is 1. The summed E-state index contributed by atoms with van der Waals surface area (Å²) in [4.78, 5) is 7.21. The lowest BCUT2D eigenvalue weighted by atomic mass is 10.0. The summed E-state index contributed by atoms with van der Waals surface area (Å²) < 4.78 is 5.43. The molecule has 2 heterocycles. The monoisotopic (exact) mass is 321 g/mol. The van der Waals surface area contributed by atoms with Gasteiger partial charge < -0.3 is 15.0 Å². The number of anilines is 1. The van der Waals surface area contributed by atoms with Gasteiger partial charge in [0.05, 0.1) is 23.8 Å². The predicted octanol–water partition coefficient (Wildman–Crippen LogP) is 3.90. The number of hydrogen-bond donors (Lipinski definition) is 1. The third kappa shape index (κ3) is 2.78. The number of pyridine rings is 1. The maximum Gasteiger partial charge on any atom is 0.119 e. The molecule has 24 heavy (non-hydrogen) atoms. The molecule has 0 bridgehead atoms. The number of methoxy groups -OCH3 is 1. The predicted molar refractivity (Wildman–Crippen MR) is 99.9 cm³/mol. The van der Waals surface area contributed by atoms with Crippen LogP contribution in [0.15, 0.2) is 42.5 Å². The van der Waals surface area contributed by atoms with Crippen molar-refractivity contribution in [2.24, 2.45) is 0 Å². The molecule has 4 rings (SSSR count). The number of piperidine rings is 1. The van der Waals surface area contributed by atoms with Crippen molar-refractivity contribution in [2.75, 3.05) is 32.6 Å². The van der Waals surface area contributed by atoms with E-state index >= 15 is 0 Å². The van der Waals surface area contributed by atoms with Gasteiger partial charge in [0, 0.05) is 16.8 Å². The first-order valence-corrected chi connectivity index (χ1v) is 8.56. The Morgan fingerprint density at radius 3 is 2.58 bits per heavy atom. The van der Waals surface area contributed by atoms with Crippen LogP contribution >= 0.6 is 0 Å². The Morgan fingerprint density at radius 2 is 1.79 bits per heavy atom. The summed E-state index contributed by atoms with van der Waals surface area (Å²) in [6.45, 7) is 2.28. The van der Waals surface area contributed by atoms with Gasteiger partial charge in [-0.2, -0.15) is 0 Å². The van der Waals surface area contributed by atoms with E-state index in [1.807, 2.05) is 18.2 Å². The van der Waals surface area contributed by atoms with Crippen molar-refractivity contribution in [3.8, 4) is 5.75 Å². The van der Waals surface area contributed by atoms with Crippen LogP contribution in [-0.4, -0.2) is 43.2 Å². The second-order valence-corrected chi connectivity index (χ2v) is 6.61. The van der Waals surface area contributed by atoms with E-state index in [1.165, 1.54) is 23.9 Å². The van der Waals surface area contributed by atoms with Gasteiger partial charge >= 0.3 is 0 Å². The summed E-state index contributed by atoms with van der Waals surface area (Å²) in [6, 6.07) is 15.0. The summed E-state index contributed by atoms with van der Waals surface area (Å²) >= 11 is 0. The highest BCUT2D eigenvalue weighted by Gasteiger charge is 2.19. The van der Waals surface area contributed by atoms with Gasteiger partial charge in [-0.05, 0) is 57.2 Å². The smallest absolute Gasteiger partial charge is 0.119 e. The third-order valence-electron chi connectivity index (χ3n) is 4.95. The molecule has 0 spiro atoms. The average molecular weight is 321 g/mol. The van der Waals surface area contributed by atoms with E-state index in [0.717, 1.165) is 35.3 Å². The zero-order valence-electron chi connectivity index (χ0n) is 14.2. The molecule has 0 aliphatic carbocycles. The number of fused-ring (bicyclic) bond motifs is 2. The molecule has 1 aromatic heterocycles. The van der Waals surface area contributed by atoms with Gasteiger partial charge in [-0.3, -0.25) is 0 Å². The SMILES string of the molecule is COc1ccc2nc3ccccc3c(NC3CCN(C)CC3)c2c1. The minimum Gasteiger partial charge on any atom is -0.497 e. The van der Waals surface area contributed by atoms with Crippen LogP contribution in [0, 0.1) is 0 Å². The van der Waals surface area contributed by atoms with Crippen molar-refractivity contribution in [1.82, 2.24) is 9.88 Å². The maximum atomic E-state index is 5.43. The van der Waals surface area contributed by atoms with Gasteiger partial charge in [0.15, 0.2) is 0 Å². The molecule has 3 aromatic rings. The first-order valence-electron chi connectivity index (χ1n) is 8.56. The van der Waals surface area contributed by atoms with E-state index in [4.69, 9.17) is 9.72 Å². The maximum absolute atomic E-state index is 5.43. The number of rotatable bonds is 3. The Balaban J connectivity index is 1.84. The fourth-order valence-electron chi connectivity index (χ4n) is 3.51. The second-order valence-electron chi connectivity index (χ2n) is 6.61. The van der Waals surface area contributed by atoms with E-state index in [1.54, 1.807) is 7.11 Å². The number of aromatic nitrogens is 1. The van der Waals surface area contributed by atoms with E-state index in [2.05, 4.69) is 41.5 Å². The Hall–Kier alpha value is -2.33. The van der Waals surface area contributed by atoms with Crippen LogP contribution in [0.4, 0.5) is 5.69 Å². The highest BCUT2D eigenvalue weighted by atomic mass is 16.5. The lowest BCUT2D eigenvalue weighted by Gasteiger charge is -2.30. The number of hydrogen-bond acceptors (Lipinski definition) is 4. The fourth-order valence-corrected chi connectivity index (χ4v) is 3.51. The minimum atomic E-state index is 0.501. The van der Waals surface area contributed by atoms with Crippen LogP contribution in [-0.2, 0) is 0 Å². The Bertz CT molecular complexity index is 869. The number of nitrogens with one attached hydrogen (secondary N) is 1. The molecule has 1 N–H and O–H groups in total. The summed E-state index contributed by atoms with van der Waals surface area (Å²) in [7, 11) is 3.90. The van der Waals surface area contributed by atoms with E-state index in [0.29, 0.717) is 6.04 Å². The first kappa shape index (κ1) is 15.2. The highest BCUT2D eigenvalue weighted by molar-refractivity contribution is 6.07. The number of nitrogens with zero attached hydrogens (tertiary/aromatic N) is 2. The summed E-state index contributed by atoms with van der Waals surface area (Å²) in [6.07, 6.45) is 2.33. The molecule has 124 valence electrons. The number of benzene rings is 2. The van der Waals surface area contributed by atoms with E-state index in [9.17, 15) is 0 Å². The third-order valence-corrected chi connectivity index (χ3v) is 4.95. The lowest BCUT2D eigenvalue weighted by molar-refractivity contribution is 0.264. The summed E-state index contributed by atoms with van der Waals surface area (Å²) in [5.41, 5.74) is 3.22. The average Bonchev–Trinajstić information content (AvgIpc) is 2.63. The molecule has 1 aliphatic rings. The van der Waals surface area contributed by atoms with Crippen LogP contribution in [0.2, 0.25) is 0 Å². The molecule has 4 nitrogen and oxygen atoms in total. The number of ether oxygens (including phenoxy) is 1. The zero-order chi connectivity index (χ0) is 16.5. The normalized spacial score (nSPS) is 16.6. The largest absolute Gasteiger partial charge is 0.497 e. The van der Waals surface area contributed by atoms with Crippen molar-refractivity contribution in [3.05, 3.63) is 42.5 Å². The first-order chi connectivity index (χ1) is 11.7. The standard InChI is InChI=1S/C20H23N3O/c1-23-11-9-14(10-12-23)21-20-16-5-3-4-6-18(16)22-19-8-7-15(24-2)13-17(19)20/h3-8,13-14H,9-12H2,1-2H3,(H,21,22). The Labute approximate surface area is 142 Å². The van der Waals surface area contributed by atoms with Crippen LogP contribution in [0.25, 0.3) is 21.8 Å². The molecule has 1 aliphatic heterocycles. The molecular formula is C20H23N3O. The van der Waals surface area contributed by atoms with Gasteiger partial charge in [-0.1, -0.05) is 18.2 Å². The van der Waals surface area contributed by atoms with Crippen molar-refractivity contribution >= 4 is 27.5 Å². The zero-order valence-corrected chi connectivity index (χ0v) is 14.2. The highest BCUT2D eigenvalue weighted by Crippen LogP contribution is 2.34. The van der Waals surface area contributed by atoms with Crippen LogP contribution in [0.5, 0.6) is 5.75 Å². The van der Waals surface area contributed by atoms with Crippen molar-refractivity contribution < 1.29 is 4.74 Å². The van der Waals surface area contributed by atoms with Gasteiger partial charge in [0.2, 0.25) is 0 Å². The topological polar surface area (TPSA) is 37.4 Å².